The van der Waals surface area contributed by atoms with Crippen LogP contribution < -0.4 is 10.1 Å². The summed E-state index contributed by atoms with van der Waals surface area (Å²) in [6.45, 7) is 2.40. The minimum absolute atomic E-state index is 0.0745. The van der Waals surface area contributed by atoms with Crippen molar-refractivity contribution >= 4 is 27.5 Å². The Kier molecular flexibility index (Phi) is 3.71. The van der Waals surface area contributed by atoms with E-state index in [1.54, 1.807) is 0 Å². The Hall–Kier alpha value is -1.82. The first-order valence-corrected chi connectivity index (χ1v) is 7.57. The largest absolute Gasteiger partial charge is 0.487 e. The Morgan fingerprint density at radius 1 is 1.43 bits per heavy atom. The van der Waals surface area contributed by atoms with Crippen LogP contribution in [0.2, 0.25) is 0 Å². The second kappa shape index (κ2) is 5.52. The Balaban J connectivity index is 1.75. The zero-order chi connectivity index (χ0) is 15.0. The standard InChI is InChI=1S/C15H16BrN3O2/c1-9-15(16)13(19(2)18-9)8-21-11-4-5-12-10(7-11)3-6-14(20)17-12/h4-5,7H,3,6,8H2,1-2H3,(H,17,20). The van der Waals surface area contributed by atoms with E-state index in [-0.39, 0.29) is 5.91 Å². The SMILES string of the molecule is Cc1nn(C)c(COc2ccc3c(c2)CCC(=O)N3)c1Br. The third-order valence-corrected chi connectivity index (χ3v) is 4.64. The van der Waals surface area contributed by atoms with Crippen LogP contribution >= 0.6 is 15.9 Å². The topological polar surface area (TPSA) is 56.2 Å². The predicted molar refractivity (Wildman–Crippen MR) is 83.4 cm³/mol. The fourth-order valence-corrected chi connectivity index (χ4v) is 2.89. The summed E-state index contributed by atoms with van der Waals surface area (Å²) < 4.78 is 8.66. The van der Waals surface area contributed by atoms with Crippen LogP contribution in [0.5, 0.6) is 5.75 Å². The van der Waals surface area contributed by atoms with Gasteiger partial charge in [-0.1, -0.05) is 0 Å². The summed E-state index contributed by atoms with van der Waals surface area (Å²) in [5, 5.41) is 7.21. The number of rotatable bonds is 3. The van der Waals surface area contributed by atoms with Gasteiger partial charge < -0.3 is 10.1 Å². The highest BCUT2D eigenvalue weighted by Gasteiger charge is 2.16. The number of aryl methyl sites for hydroxylation is 3. The molecule has 0 unspecified atom stereocenters. The summed E-state index contributed by atoms with van der Waals surface area (Å²) in [6.07, 6.45) is 1.29. The van der Waals surface area contributed by atoms with Gasteiger partial charge in [0.05, 0.1) is 15.9 Å². The zero-order valence-electron chi connectivity index (χ0n) is 11.9. The molecule has 6 heteroatoms. The van der Waals surface area contributed by atoms with Crippen LogP contribution in [0.15, 0.2) is 22.7 Å². The Bertz CT molecular complexity index is 709. The summed E-state index contributed by atoms with van der Waals surface area (Å²) >= 11 is 3.53. The molecule has 1 amide bonds. The van der Waals surface area contributed by atoms with E-state index in [0.29, 0.717) is 13.0 Å². The lowest BCUT2D eigenvalue weighted by Gasteiger charge is -2.17. The first-order valence-electron chi connectivity index (χ1n) is 6.78. The molecule has 0 saturated carbocycles. The number of hydrogen-bond acceptors (Lipinski definition) is 3. The van der Waals surface area contributed by atoms with Crippen molar-refractivity contribution in [2.75, 3.05) is 5.32 Å². The second-order valence-corrected chi connectivity index (χ2v) is 5.92. The molecule has 0 fully saturated rings. The highest BCUT2D eigenvalue weighted by Crippen LogP contribution is 2.28. The fraction of sp³-hybridized carbons (Fsp3) is 0.333. The van der Waals surface area contributed by atoms with Gasteiger partial charge in [0.25, 0.3) is 0 Å². The number of amides is 1. The predicted octanol–water partition coefficient (Wildman–Crippen LogP) is 2.95. The van der Waals surface area contributed by atoms with Gasteiger partial charge in [-0.05, 0) is 53.0 Å². The molecule has 0 bridgehead atoms. The van der Waals surface area contributed by atoms with Gasteiger partial charge in [-0.3, -0.25) is 9.48 Å². The van der Waals surface area contributed by atoms with Crippen LogP contribution in [-0.2, 0) is 24.9 Å². The number of halogens is 1. The van der Waals surface area contributed by atoms with E-state index in [4.69, 9.17) is 4.74 Å². The third kappa shape index (κ3) is 2.81. The average molecular weight is 350 g/mol. The molecule has 1 aromatic heterocycles. The van der Waals surface area contributed by atoms with Crippen molar-refractivity contribution in [3.63, 3.8) is 0 Å². The summed E-state index contributed by atoms with van der Waals surface area (Å²) in [7, 11) is 1.90. The van der Waals surface area contributed by atoms with E-state index >= 15 is 0 Å². The van der Waals surface area contributed by atoms with E-state index in [2.05, 4.69) is 26.3 Å². The molecule has 0 aliphatic carbocycles. The monoisotopic (exact) mass is 349 g/mol. The van der Waals surface area contributed by atoms with Crippen LogP contribution in [-0.4, -0.2) is 15.7 Å². The van der Waals surface area contributed by atoms with Gasteiger partial charge >= 0.3 is 0 Å². The number of anilines is 1. The number of nitrogens with one attached hydrogen (secondary N) is 1. The molecule has 1 aliphatic rings. The summed E-state index contributed by atoms with van der Waals surface area (Å²) in [6, 6.07) is 5.76. The molecule has 5 nitrogen and oxygen atoms in total. The van der Waals surface area contributed by atoms with Crippen LogP contribution in [0.3, 0.4) is 0 Å². The van der Waals surface area contributed by atoms with Gasteiger partial charge in [0.1, 0.15) is 12.4 Å². The van der Waals surface area contributed by atoms with E-state index < -0.39 is 0 Å². The molecule has 1 aromatic carbocycles. The lowest BCUT2D eigenvalue weighted by molar-refractivity contribution is -0.116. The Labute approximate surface area is 131 Å². The van der Waals surface area contributed by atoms with Crippen LogP contribution in [0.4, 0.5) is 5.69 Å². The number of nitrogens with zero attached hydrogens (tertiary/aromatic N) is 2. The summed E-state index contributed by atoms with van der Waals surface area (Å²) in [5.74, 6) is 0.876. The van der Waals surface area contributed by atoms with Crippen LogP contribution in [0.25, 0.3) is 0 Å². The molecule has 1 aliphatic heterocycles. The third-order valence-electron chi connectivity index (χ3n) is 3.61. The Morgan fingerprint density at radius 3 is 2.95 bits per heavy atom. The van der Waals surface area contributed by atoms with Crippen LogP contribution in [0.1, 0.15) is 23.4 Å². The van der Waals surface area contributed by atoms with E-state index in [1.807, 2.05) is 36.9 Å². The smallest absolute Gasteiger partial charge is 0.224 e. The maximum Gasteiger partial charge on any atom is 0.224 e. The van der Waals surface area contributed by atoms with Crippen LogP contribution in [0, 0.1) is 6.92 Å². The van der Waals surface area contributed by atoms with Crippen molar-refractivity contribution in [3.05, 3.63) is 39.6 Å². The number of carbonyl (C=O) groups excluding carboxylic acids is 1. The highest BCUT2D eigenvalue weighted by molar-refractivity contribution is 9.10. The van der Waals surface area contributed by atoms with E-state index in [9.17, 15) is 4.79 Å². The molecule has 3 rings (SSSR count). The van der Waals surface area contributed by atoms with Gasteiger partial charge in [-0.15, -0.1) is 0 Å². The number of benzene rings is 1. The van der Waals surface area contributed by atoms with Crippen molar-refractivity contribution < 1.29 is 9.53 Å². The van der Waals surface area contributed by atoms with Gasteiger partial charge in [-0.2, -0.15) is 5.10 Å². The highest BCUT2D eigenvalue weighted by atomic mass is 79.9. The molecule has 0 radical (unpaired) electrons. The molecule has 0 saturated heterocycles. The lowest BCUT2D eigenvalue weighted by atomic mass is 10.0. The first kappa shape index (κ1) is 14.1. The van der Waals surface area contributed by atoms with Gasteiger partial charge in [0.15, 0.2) is 0 Å². The van der Waals surface area contributed by atoms with Crippen molar-refractivity contribution in [3.8, 4) is 5.75 Å². The summed E-state index contributed by atoms with van der Waals surface area (Å²) in [5.41, 5.74) is 3.95. The maximum absolute atomic E-state index is 11.3. The molecule has 2 heterocycles. The van der Waals surface area contributed by atoms with Gasteiger partial charge in [0.2, 0.25) is 5.91 Å². The molecule has 0 spiro atoms. The molecule has 2 aromatic rings. The Morgan fingerprint density at radius 2 is 2.24 bits per heavy atom. The lowest BCUT2D eigenvalue weighted by Crippen LogP contribution is -2.18. The van der Waals surface area contributed by atoms with Gasteiger partial charge in [-0.25, -0.2) is 0 Å². The minimum Gasteiger partial charge on any atom is -0.487 e. The van der Waals surface area contributed by atoms with Crippen molar-refractivity contribution in [2.45, 2.75) is 26.4 Å². The zero-order valence-corrected chi connectivity index (χ0v) is 13.5. The fourth-order valence-electron chi connectivity index (χ4n) is 2.44. The molecule has 0 atom stereocenters. The summed E-state index contributed by atoms with van der Waals surface area (Å²) in [4.78, 5) is 11.3. The molecule has 110 valence electrons. The first-order chi connectivity index (χ1) is 10.0. The normalized spacial score (nSPS) is 13.8. The van der Waals surface area contributed by atoms with Crippen molar-refractivity contribution in [2.24, 2.45) is 7.05 Å². The quantitative estimate of drug-likeness (QED) is 0.926. The number of carbonyl (C=O) groups is 1. The molecule has 1 N–H and O–H groups in total. The minimum atomic E-state index is 0.0745. The average Bonchev–Trinajstić information content (AvgIpc) is 2.70. The number of fused-ring (bicyclic) bond motifs is 1. The number of aromatic nitrogens is 2. The molecular formula is C15H16BrN3O2. The van der Waals surface area contributed by atoms with Crippen molar-refractivity contribution in [1.29, 1.82) is 0 Å². The van der Waals surface area contributed by atoms with Crippen molar-refractivity contribution in [1.82, 2.24) is 9.78 Å². The maximum atomic E-state index is 11.3. The molecule has 21 heavy (non-hydrogen) atoms. The number of hydrogen-bond donors (Lipinski definition) is 1. The number of ether oxygens (including phenoxy) is 1. The van der Waals surface area contributed by atoms with E-state index in [1.165, 1.54) is 0 Å². The van der Waals surface area contributed by atoms with Gasteiger partial charge in [0, 0.05) is 19.2 Å². The molecular weight excluding hydrogens is 334 g/mol. The van der Waals surface area contributed by atoms with E-state index in [0.717, 1.165) is 39.3 Å². The second-order valence-electron chi connectivity index (χ2n) is 5.13.